The van der Waals surface area contributed by atoms with Crippen LogP contribution in [0.25, 0.3) is 0 Å². The summed E-state index contributed by atoms with van der Waals surface area (Å²) in [6, 6.07) is -2.50. The zero-order valence-electron chi connectivity index (χ0n) is 38.0. The van der Waals surface area contributed by atoms with Gasteiger partial charge in [0.2, 0.25) is 65.5 Å². The van der Waals surface area contributed by atoms with E-state index in [-0.39, 0.29) is 43.9 Å². The molecule has 1 aromatic rings. The molecule has 0 radical (unpaired) electrons. The average molecular weight is 931 g/mol. The van der Waals surface area contributed by atoms with Crippen LogP contribution in [0.1, 0.15) is 85.1 Å². The van der Waals surface area contributed by atoms with Crippen molar-refractivity contribution in [2.24, 2.45) is 34.8 Å². The molecule has 8 atom stereocenters. The first-order valence-corrected chi connectivity index (χ1v) is 21.6. The van der Waals surface area contributed by atoms with Crippen LogP contribution in [0.2, 0.25) is 0 Å². The quantitative estimate of drug-likeness (QED) is 0.0354. The minimum absolute atomic E-state index is 0.0129. The Morgan fingerprint density at radius 2 is 1.44 bits per heavy atom. The molecule has 1 aliphatic rings. The number of rotatable bonds is 28. The molecule has 24 heteroatoms. The van der Waals surface area contributed by atoms with E-state index in [1.807, 2.05) is 13.8 Å². The molecule has 1 saturated heterocycles. The zero-order valence-corrected chi connectivity index (χ0v) is 38.0. The lowest BCUT2D eigenvalue weighted by molar-refractivity contribution is -0.143. The maximum Gasteiger partial charge on any atom is 0.247 e. The van der Waals surface area contributed by atoms with E-state index in [4.69, 9.17) is 22.9 Å². The Hall–Kier alpha value is -6.85. The molecule has 1 fully saturated rings. The Kier molecular flexibility index (Phi) is 21.9. The van der Waals surface area contributed by atoms with E-state index in [2.05, 4.69) is 37.2 Å². The molecule has 0 aliphatic carbocycles. The molecule has 0 spiro atoms. The molecule has 11 amide bonds. The Labute approximate surface area is 382 Å². The molecule has 2 rings (SSSR count). The number of nitrogens with zero attached hydrogens (tertiary/aromatic N) is 1. The third-order valence-electron chi connectivity index (χ3n) is 10.9. The molecule has 0 aromatic heterocycles. The largest absolute Gasteiger partial charge is 0.508 e. The highest BCUT2D eigenvalue weighted by Gasteiger charge is 2.43. The molecule has 366 valence electrons. The number of nitrogens with one attached hydrogen (secondary N) is 7. The Bertz CT molecular complexity index is 1930. The van der Waals surface area contributed by atoms with E-state index in [0.29, 0.717) is 18.4 Å². The Balaban J connectivity index is 2.35. The maximum atomic E-state index is 14.1. The lowest BCUT2D eigenvalue weighted by Gasteiger charge is -2.34. The summed E-state index contributed by atoms with van der Waals surface area (Å²) >= 11 is 0. The third-order valence-corrected chi connectivity index (χ3v) is 10.9. The first-order chi connectivity index (χ1) is 30.9. The minimum Gasteiger partial charge on any atom is -0.508 e. The fourth-order valence-corrected chi connectivity index (χ4v) is 7.32. The van der Waals surface area contributed by atoms with Gasteiger partial charge in [0.1, 0.15) is 41.5 Å². The zero-order chi connectivity index (χ0) is 49.9. The topological polar surface area (TPSA) is 400 Å². The number of benzene rings is 1. The number of phenolic OH excluding ortho intramolecular Hbond substituents is 1. The predicted molar refractivity (Wildman–Crippen MR) is 236 cm³/mol. The van der Waals surface area contributed by atoms with Crippen molar-refractivity contribution in [1.82, 2.24) is 42.1 Å². The van der Waals surface area contributed by atoms with Gasteiger partial charge in [0.25, 0.3) is 0 Å². The van der Waals surface area contributed by atoms with Crippen molar-refractivity contribution in [3.63, 3.8) is 0 Å². The number of carbonyl (C=O) groups is 11. The number of hydrogen-bond acceptors (Lipinski definition) is 13. The lowest BCUT2D eigenvalue weighted by atomic mass is 9.89. The van der Waals surface area contributed by atoms with Gasteiger partial charge in [0.05, 0.1) is 19.0 Å². The van der Waals surface area contributed by atoms with Gasteiger partial charge in [-0.05, 0) is 68.6 Å². The van der Waals surface area contributed by atoms with Crippen molar-refractivity contribution in [3.8, 4) is 5.75 Å². The van der Waals surface area contributed by atoms with Gasteiger partial charge in [-0.2, -0.15) is 0 Å². The monoisotopic (exact) mass is 930 g/mol. The molecule has 0 bridgehead atoms. The number of amides is 11. The first kappa shape index (κ1) is 55.3. The normalized spacial score (nSPS) is 17.0. The molecule has 66 heavy (non-hydrogen) atoms. The fraction of sp³-hybridized carbons (Fsp3) is 0.595. The highest BCUT2D eigenvalue weighted by atomic mass is 16.3. The van der Waals surface area contributed by atoms with Gasteiger partial charge in [0, 0.05) is 19.5 Å². The summed E-state index contributed by atoms with van der Waals surface area (Å²) in [6.07, 6.45) is -0.380. The van der Waals surface area contributed by atoms with Gasteiger partial charge in [-0.1, -0.05) is 46.2 Å². The smallest absolute Gasteiger partial charge is 0.247 e. The van der Waals surface area contributed by atoms with Crippen LogP contribution in [0.4, 0.5) is 0 Å². The van der Waals surface area contributed by atoms with Crippen molar-refractivity contribution >= 4 is 65.5 Å². The van der Waals surface area contributed by atoms with Gasteiger partial charge >= 0.3 is 0 Å². The number of hydrogen-bond donors (Lipinski definition) is 12. The van der Waals surface area contributed by atoms with Gasteiger partial charge in [-0.25, -0.2) is 0 Å². The molecule has 1 heterocycles. The number of aromatic hydroxyl groups is 1. The second-order valence-corrected chi connectivity index (χ2v) is 17.0. The molecule has 1 aliphatic heterocycles. The van der Waals surface area contributed by atoms with Gasteiger partial charge < -0.3 is 70.2 Å². The standard InChI is InChI=1S/C42H66N12O12/c1-6-23(4)34(52-35(60)26(43)16-24-9-11-25(56)12-10-24)39(64)49-27(13-14-31(44)57)36(61)50-28(17-32(45)58)37(62)51-29(19-47-21-55)40(65)54-15-7-8-30(54)38(63)53-42(5,18-22(2)3)41(66)48-20-33(46)59/h9-12,21-23,26-30,34,56H,6-8,13-20,43H2,1-5H3,(H2,44,57)(H2,45,58)(H2,46,59)(H,47,55)(H,48,66)(H,49,64)(H,50,61)(H,51,62)(H,52,60)(H,53,63)/t23-,26-,27-,28-,29-,30-,34-,42-/m0/s1. The number of carbonyl (C=O) groups excluding carboxylic acids is 11. The summed E-state index contributed by atoms with van der Waals surface area (Å²) in [5, 5.41) is 26.8. The summed E-state index contributed by atoms with van der Waals surface area (Å²) in [6.45, 7) is 7.49. The Morgan fingerprint density at radius 3 is 2.00 bits per heavy atom. The molecular formula is C42H66N12O12. The van der Waals surface area contributed by atoms with Crippen molar-refractivity contribution in [2.75, 3.05) is 19.6 Å². The average Bonchev–Trinajstić information content (AvgIpc) is 3.74. The number of nitrogens with two attached hydrogens (primary N) is 4. The summed E-state index contributed by atoms with van der Waals surface area (Å²) in [7, 11) is 0. The van der Waals surface area contributed by atoms with Crippen LogP contribution in [-0.4, -0.2) is 137 Å². The molecular weight excluding hydrogens is 865 g/mol. The predicted octanol–water partition coefficient (Wildman–Crippen LogP) is -4.35. The summed E-state index contributed by atoms with van der Waals surface area (Å²) in [4.78, 5) is 144. The molecule has 24 nitrogen and oxygen atoms in total. The van der Waals surface area contributed by atoms with Gasteiger partial charge in [0.15, 0.2) is 0 Å². The van der Waals surface area contributed by atoms with E-state index in [9.17, 15) is 57.8 Å². The van der Waals surface area contributed by atoms with Crippen molar-refractivity contribution in [3.05, 3.63) is 29.8 Å². The molecule has 1 aromatic carbocycles. The van der Waals surface area contributed by atoms with E-state index in [0.717, 1.165) is 4.90 Å². The van der Waals surface area contributed by atoms with E-state index < -0.39 is 139 Å². The third kappa shape index (κ3) is 17.6. The SMILES string of the molecule is CC[C@H](C)[C@H](NC(=O)[C@@H](N)Cc1ccc(O)cc1)C(=O)N[C@@H](CCC(N)=O)C(=O)N[C@@H](CC(N)=O)C(=O)N[C@@H](CNC=O)C(=O)N1CCC[C@H]1C(=O)N[C@@](C)(CC(C)C)C(=O)NCC(N)=O. The molecule has 0 saturated carbocycles. The second-order valence-electron chi connectivity index (χ2n) is 17.0. The maximum absolute atomic E-state index is 14.1. The van der Waals surface area contributed by atoms with Crippen LogP contribution in [0.15, 0.2) is 24.3 Å². The highest BCUT2D eigenvalue weighted by molar-refractivity contribution is 5.99. The molecule has 0 unspecified atom stereocenters. The minimum atomic E-state index is -1.80. The van der Waals surface area contributed by atoms with Crippen molar-refractivity contribution in [1.29, 1.82) is 0 Å². The van der Waals surface area contributed by atoms with Crippen LogP contribution < -0.4 is 60.2 Å². The first-order valence-electron chi connectivity index (χ1n) is 21.6. The van der Waals surface area contributed by atoms with Crippen LogP contribution >= 0.6 is 0 Å². The summed E-state index contributed by atoms with van der Waals surface area (Å²) in [5.74, 6) is -9.41. The summed E-state index contributed by atoms with van der Waals surface area (Å²) in [5.41, 5.74) is 21.2. The number of primary amides is 3. The van der Waals surface area contributed by atoms with Crippen LogP contribution in [0, 0.1) is 11.8 Å². The summed E-state index contributed by atoms with van der Waals surface area (Å²) < 4.78 is 0. The van der Waals surface area contributed by atoms with Crippen molar-refractivity contribution in [2.45, 2.75) is 128 Å². The van der Waals surface area contributed by atoms with Gasteiger partial charge in [-0.15, -0.1) is 0 Å². The van der Waals surface area contributed by atoms with E-state index >= 15 is 0 Å². The lowest BCUT2D eigenvalue weighted by Crippen LogP contribution is -2.63. The van der Waals surface area contributed by atoms with Crippen LogP contribution in [-0.2, 0) is 59.2 Å². The van der Waals surface area contributed by atoms with Crippen LogP contribution in [0.5, 0.6) is 5.75 Å². The van der Waals surface area contributed by atoms with E-state index in [1.165, 1.54) is 19.1 Å². The second kappa shape index (κ2) is 26.2. The number of phenols is 1. The van der Waals surface area contributed by atoms with Crippen LogP contribution in [0.3, 0.4) is 0 Å². The van der Waals surface area contributed by atoms with E-state index in [1.54, 1.807) is 26.0 Å². The molecule has 16 N–H and O–H groups in total. The number of likely N-dealkylation sites (tertiary alicyclic amines) is 1. The van der Waals surface area contributed by atoms with Crippen molar-refractivity contribution < 1.29 is 57.8 Å². The highest BCUT2D eigenvalue weighted by Crippen LogP contribution is 2.23. The fourth-order valence-electron chi connectivity index (χ4n) is 7.32. The van der Waals surface area contributed by atoms with Gasteiger partial charge in [-0.3, -0.25) is 52.7 Å². The Morgan fingerprint density at radius 1 is 0.833 bits per heavy atom.